The number of aromatic nitrogens is 2. The Morgan fingerprint density at radius 2 is 1.75 bits per heavy atom. The summed E-state index contributed by atoms with van der Waals surface area (Å²) < 4.78 is 6.63. The van der Waals surface area contributed by atoms with E-state index in [0.29, 0.717) is 5.88 Å². The molecule has 1 aromatic heterocycles. The van der Waals surface area contributed by atoms with Crippen LogP contribution in [0.2, 0.25) is 0 Å². The maximum atomic E-state index is 5.90. The normalized spacial score (nSPS) is 11.5. The molecular formula is C16H19BrN2O. The first kappa shape index (κ1) is 15.0. The zero-order valence-corrected chi connectivity index (χ0v) is 14.1. The van der Waals surface area contributed by atoms with E-state index < -0.39 is 0 Å². The molecule has 2 rings (SSSR count). The highest BCUT2D eigenvalue weighted by Crippen LogP contribution is 2.28. The molecule has 0 saturated carbocycles. The van der Waals surface area contributed by atoms with Crippen molar-refractivity contribution in [1.82, 2.24) is 9.97 Å². The number of nitrogens with zero attached hydrogens (tertiary/aromatic N) is 2. The van der Waals surface area contributed by atoms with Crippen molar-refractivity contribution in [3.05, 3.63) is 45.8 Å². The fraction of sp³-hybridized carbons (Fsp3) is 0.375. The Labute approximate surface area is 128 Å². The molecule has 0 spiro atoms. The van der Waals surface area contributed by atoms with Gasteiger partial charge in [0.2, 0.25) is 5.88 Å². The molecule has 2 aromatic rings. The summed E-state index contributed by atoms with van der Waals surface area (Å²) in [5, 5.41) is 0. The SMILES string of the molecule is Cc1ccc(Oc2cc(Br)nc(C(C)(C)C)n2)c(C)c1. The summed E-state index contributed by atoms with van der Waals surface area (Å²) in [5.41, 5.74) is 2.19. The lowest BCUT2D eigenvalue weighted by atomic mass is 9.96. The van der Waals surface area contributed by atoms with Crippen LogP contribution in [0.4, 0.5) is 0 Å². The van der Waals surface area contributed by atoms with Crippen molar-refractivity contribution in [2.45, 2.75) is 40.0 Å². The highest BCUT2D eigenvalue weighted by molar-refractivity contribution is 9.10. The zero-order valence-electron chi connectivity index (χ0n) is 12.5. The minimum Gasteiger partial charge on any atom is -0.439 e. The van der Waals surface area contributed by atoms with Crippen molar-refractivity contribution < 1.29 is 4.74 Å². The Hall–Kier alpha value is -1.42. The molecule has 0 unspecified atom stereocenters. The number of halogens is 1. The highest BCUT2D eigenvalue weighted by atomic mass is 79.9. The minimum atomic E-state index is -0.121. The molecule has 0 bridgehead atoms. The molecule has 1 heterocycles. The van der Waals surface area contributed by atoms with Gasteiger partial charge in [-0.25, -0.2) is 4.98 Å². The van der Waals surface area contributed by atoms with Crippen LogP contribution >= 0.6 is 15.9 Å². The molecule has 3 nitrogen and oxygen atoms in total. The fourth-order valence-corrected chi connectivity index (χ4v) is 2.17. The first-order chi connectivity index (χ1) is 9.25. The van der Waals surface area contributed by atoms with Crippen molar-refractivity contribution >= 4 is 15.9 Å². The zero-order chi connectivity index (χ0) is 14.9. The molecule has 0 aliphatic heterocycles. The van der Waals surface area contributed by atoms with Crippen LogP contribution in [0.1, 0.15) is 37.7 Å². The standard InChI is InChI=1S/C16H19BrN2O/c1-10-6-7-12(11(2)8-10)20-14-9-13(17)18-15(19-14)16(3,4)5/h6-9H,1-5H3. The van der Waals surface area contributed by atoms with Gasteiger partial charge >= 0.3 is 0 Å². The van der Waals surface area contributed by atoms with E-state index in [9.17, 15) is 0 Å². The average molecular weight is 335 g/mol. The topological polar surface area (TPSA) is 35.0 Å². The van der Waals surface area contributed by atoms with Gasteiger partial charge < -0.3 is 4.74 Å². The maximum absolute atomic E-state index is 5.90. The van der Waals surface area contributed by atoms with Gasteiger partial charge in [0.25, 0.3) is 0 Å². The summed E-state index contributed by atoms with van der Waals surface area (Å²) in [6, 6.07) is 7.88. The molecule has 0 aliphatic carbocycles. The number of hydrogen-bond donors (Lipinski definition) is 0. The van der Waals surface area contributed by atoms with Crippen molar-refractivity contribution in [1.29, 1.82) is 0 Å². The van der Waals surface area contributed by atoms with Gasteiger partial charge in [-0.1, -0.05) is 38.5 Å². The lowest BCUT2D eigenvalue weighted by Crippen LogP contribution is -2.16. The van der Waals surface area contributed by atoms with E-state index in [2.05, 4.69) is 59.7 Å². The number of rotatable bonds is 2. The third-order valence-corrected chi connectivity index (χ3v) is 3.29. The van der Waals surface area contributed by atoms with Crippen LogP contribution in [-0.2, 0) is 5.41 Å². The third kappa shape index (κ3) is 3.57. The Bertz CT molecular complexity index is 633. The molecular weight excluding hydrogens is 316 g/mol. The molecule has 0 atom stereocenters. The number of aryl methyl sites for hydroxylation is 2. The average Bonchev–Trinajstić information content (AvgIpc) is 2.31. The Morgan fingerprint density at radius 1 is 1.05 bits per heavy atom. The van der Waals surface area contributed by atoms with Crippen LogP contribution in [0.3, 0.4) is 0 Å². The van der Waals surface area contributed by atoms with Crippen LogP contribution in [0.15, 0.2) is 28.9 Å². The smallest absolute Gasteiger partial charge is 0.223 e. The van der Waals surface area contributed by atoms with E-state index in [1.165, 1.54) is 5.56 Å². The predicted molar refractivity (Wildman–Crippen MR) is 84.4 cm³/mol. The summed E-state index contributed by atoms with van der Waals surface area (Å²) >= 11 is 3.42. The van der Waals surface area contributed by atoms with Gasteiger partial charge in [-0.2, -0.15) is 4.98 Å². The van der Waals surface area contributed by atoms with Gasteiger partial charge in [0.1, 0.15) is 16.2 Å². The van der Waals surface area contributed by atoms with Gasteiger partial charge in [0.05, 0.1) is 0 Å². The van der Waals surface area contributed by atoms with E-state index >= 15 is 0 Å². The predicted octanol–water partition coefficient (Wildman–Crippen LogP) is 4.95. The first-order valence-corrected chi connectivity index (χ1v) is 7.35. The van der Waals surface area contributed by atoms with Gasteiger partial charge in [0, 0.05) is 11.5 Å². The van der Waals surface area contributed by atoms with Crippen LogP contribution in [0.5, 0.6) is 11.6 Å². The van der Waals surface area contributed by atoms with E-state index in [0.717, 1.165) is 21.7 Å². The maximum Gasteiger partial charge on any atom is 0.223 e. The van der Waals surface area contributed by atoms with E-state index in [1.807, 2.05) is 19.1 Å². The molecule has 0 saturated heterocycles. The second-order valence-electron chi connectivity index (χ2n) is 5.97. The monoisotopic (exact) mass is 334 g/mol. The van der Waals surface area contributed by atoms with Crippen molar-refractivity contribution in [2.24, 2.45) is 0 Å². The summed E-state index contributed by atoms with van der Waals surface area (Å²) in [7, 11) is 0. The van der Waals surface area contributed by atoms with E-state index in [4.69, 9.17) is 4.74 Å². The van der Waals surface area contributed by atoms with E-state index in [-0.39, 0.29) is 5.41 Å². The molecule has 0 radical (unpaired) electrons. The molecule has 0 aliphatic rings. The third-order valence-electron chi connectivity index (χ3n) is 2.89. The Balaban J connectivity index is 2.36. The summed E-state index contributed by atoms with van der Waals surface area (Å²) in [5.74, 6) is 2.14. The lowest BCUT2D eigenvalue weighted by Gasteiger charge is -2.17. The molecule has 4 heteroatoms. The molecule has 106 valence electrons. The van der Waals surface area contributed by atoms with Gasteiger partial charge in [-0.3, -0.25) is 0 Å². The van der Waals surface area contributed by atoms with Crippen molar-refractivity contribution in [3.63, 3.8) is 0 Å². The molecule has 0 N–H and O–H groups in total. The van der Waals surface area contributed by atoms with Gasteiger partial charge in [-0.05, 0) is 41.4 Å². The Morgan fingerprint density at radius 3 is 2.35 bits per heavy atom. The van der Waals surface area contributed by atoms with Crippen LogP contribution < -0.4 is 4.74 Å². The van der Waals surface area contributed by atoms with Crippen LogP contribution in [0, 0.1) is 13.8 Å². The highest BCUT2D eigenvalue weighted by Gasteiger charge is 2.19. The van der Waals surface area contributed by atoms with Gasteiger partial charge in [0.15, 0.2) is 0 Å². The molecule has 0 amide bonds. The van der Waals surface area contributed by atoms with Crippen LogP contribution in [-0.4, -0.2) is 9.97 Å². The van der Waals surface area contributed by atoms with Crippen LogP contribution in [0.25, 0.3) is 0 Å². The lowest BCUT2D eigenvalue weighted by molar-refractivity contribution is 0.442. The quantitative estimate of drug-likeness (QED) is 0.729. The first-order valence-electron chi connectivity index (χ1n) is 6.56. The van der Waals surface area contributed by atoms with Crippen molar-refractivity contribution in [2.75, 3.05) is 0 Å². The summed E-state index contributed by atoms with van der Waals surface area (Å²) in [6.07, 6.45) is 0. The molecule has 0 fully saturated rings. The molecule has 1 aromatic carbocycles. The van der Waals surface area contributed by atoms with Crippen molar-refractivity contribution in [3.8, 4) is 11.6 Å². The summed E-state index contributed by atoms with van der Waals surface area (Å²) in [4.78, 5) is 8.91. The van der Waals surface area contributed by atoms with Gasteiger partial charge in [-0.15, -0.1) is 0 Å². The molecule has 20 heavy (non-hydrogen) atoms. The second-order valence-corrected chi connectivity index (χ2v) is 6.79. The number of ether oxygens (including phenoxy) is 1. The van der Waals surface area contributed by atoms with E-state index in [1.54, 1.807) is 6.07 Å². The number of hydrogen-bond acceptors (Lipinski definition) is 3. The Kier molecular flexibility index (Phi) is 4.14. The second kappa shape index (κ2) is 5.52. The largest absolute Gasteiger partial charge is 0.439 e. The number of benzene rings is 1. The fourth-order valence-electron chi connectivity index (χ4n) is 1.81. The minimum absolute atomic E-state index is 0.121. The summed E-state index contributed by atoms with van der Waals surface area (Å²) in [6.45, 7) is 10.3.